The predicted molar refractivity (Wildman–Crippen MR) is 95.9 cm³/mol. The largest absolute Gasteiger partial charge is 0.344 e. The van der Waals surface area contributed by atoms with E-state index in [4.69, 9.17) is 0 Å². The molecule has 1 heterocycles. The number of nitrogens with zero attached hydrogens (tertiary/aromatic N) is 1. The van der Waals surface area contributed by atoms with Crippen molar-refractivity contribution in [1.82, 2.24) is 20.5 Å². The Bertz CT molecular complexity index is 873. The summed E-state index contributed by atoms with van der Waals surface area (Å²) in [7, 11) is -2.33. The zero-order valence-electron chi connectivity index (χ0n) is 15.1. The highest BCUT2D eigenvalue weighted by molar-refractivity contribution is 7.89. The Morgan fingerprint density at radius 2 is 1.78 bits per heavy atom. The van der Waals surface area contributed by atoms with Crippen LogP contribution in [0.15, 0.2) is 29.2 Å². The van der Waals surface area contributed by atoms with Gasteiger partial charge in [-0.05, 0) is 62.9 Å². The number of hydrogen-bond acceptors (Lipinski definition) is 5. The van der Waals surface area contributed by atoms with Crippen LogP contribution in [0.4, 0.5) is 4.79 Å². The van der Waals surface area contributed by atoms with Crippen molar-refractivity contribution in [1.29, 1.82) is 0 Å². The number of rotatable bonds is 4. The van der Waals surface area contributed by atoms with E-state index < -0.39 is 33.4 Å². The molecule has 27 heavy (non-hydrogen) atoms. The van der Waals surface area contributed by atoms with Crippen molar-refractivity contribution in [3.8, 4) is 0 Å². The molecule has 1 saturated carbocycles. The number of carbonyl (C=O) groups is 3. The average molecular weight is 394 g/mol. The number of nitrogens with one attached hydrogen (secondary N) is 3. The van der Waals surface area contributed by atoms with Gasteiger partial charge in [-0.1, -0.05) is 6.92 Å². The molecule has 3 N–H and O–H groups in total. The van der Waals surface area contributed by atoms with Gasteiger partial charge in [-0.15, -0.1) is 0 Å². The summed E-state index contributed by atoms with van der Waals surface area (Å²) in [6.45, 7) is 2.10. The highest BCUT2D eigenvalue weighted by Gasteiger charge is 2.52. The number of benzene rings is 1. The number of hydrogen-bond donors (Lipinski definition) is 3. The van der Waals surface area contributed by atoms with Gasteiger partial charge in [-0.25, -0.2) is 17.9 Å². The Labute approximate surface area is 157 Å². The molecule has 1 aromatic rings. The van der Waals surface area contributed by atoms with E-state index in [0.29, 0.717) is 18.8 Å². The smallest absolute Gasteiger partial charge is 0.322 e. The molecule has 2 aliphatic rings. The van der Waals surface area contributed by atoms with Crippen LogP contribution < -0.4 is 15.5 Å². The van der Waals surface area contributed by atoms with E-state index in [0.717, 1.165) is 17.9 Å². The summed E-state index contributed by atoms with van der Waals surface area (Å²) in [5.74, 6) is -0.633. The molecule has 0 bridgehead atoms. The number of sulfonamides is 1. The molecule has 146 valence electrons. The van der Waals surface area contributed by atoms with E-state index in [-0.39, 0.29) is 10.5 Å². The molecule has 1 saturated heterocycles. The van der Waals surface area contributed by atoms with Crippen LogP contribution in [0.5, 0.6) is 0 Å². The normalized spacial score (nSPS) is 25.6. The van der Waals surface area contributed by atoms with Gasteiger partial charge in [-0.2, -0.15) is 5.01 Å². The minimum absolute atomic E-state index is 0.00632. The molecule has 0 radical (unpaired) electrons. The molecule has 3 rings (SSSR count). The van der Waals surface area contributed by atoms with Gasteiger partial charge in [0.15, 0.2) is 0 Å². The number of amides is 4. The quantitative estimate of drug-likeness (QED) is 0.650. The Hall–Kier alpha value is -2.46. The molecule has 1 aliphatic carbocycles. The van der Waals surface area contributed by atoms with Crippen molar-refractivity contribution >= 4 is 27.9 Å². The van der Waals surface area contributed by atoms with Crippen LogP contribution in [0.1, 0.15) is 43.0 Å². The van der Waals surface area contributed by atoms with Crippen molar-refractivity contribution in [2.45, 2.75) is 43.0 Å². The Morgan fingerprint density at radius 3 is 2.33 bits per heavy atom. The number of urea groups is 1. The Balaban J connectivity index is 1.72. The molecule has 1 aliphatic heterocycles. The van der Waals surface area contributed by atoms with Gasteiger partial charge in [0.25, 0.3) is 11.8 Å². The molecule has 0 unspecified atom stereocenters. The fourth-order valence-corrected chi connectivity index (χ4v) is 4.12. The Kier molecular flexibility index (Phi) is 4.96. The monoisotopic (exact) mass is 394 g/mol. The summed E-state index contributed by atoms with van der Waals surface area (Å²) in [5.41, 5.74) is 1.50. The summed E-state index contributed by atoms with van der Waals surface area (Å²) in [4.78, 5) is 37.4. The summed E-state index contributed by atoms with van der Waals surface area (Å²) >= 11 is 0. The van der Waals surface area contributed by atoms with Gasteiger partial charge >= 0.3 is 6.03 Å². The minimum atomic E-state index is -3.61. The van der Waals surface area contributed by atoms with Crippen molar-refractivity contribution in [2.24, 2.45) is 5.92 Å². The third-order valence-corrected chi connectivity index (χ3v) is 6.63. The lowest BCUT2D eigenvalue weighted by atomic mass is 9.77. The first-order chi connectivity index (χ1) is 12.7. The van der Waals surface area contributed by atoms with Crippen LogP contribution in [-0.2, 0) is 14.8 Å². The van der Waals surface area contributed by atoms with Crippen LogP contribution in [-0.4, -0.2) is 43.9 Å². The molecule has 0 atom stereocenters. The van der Waals surface area contributed by atoms with E-state index in [2.05, 4.69) is 22.4 Å². The van der Waals surface area contributed by atoms with Crippen molar-refractivity contribution in [2.75, 3.05) is 7.05 Å². The van der Waals surface area contributed by atoms with Crippen LogP contribution in [0.25, 0.3) is 0 Å². The molecule has 10 heteroatoms. The van der Waals surface area contributed by atoms with Crippen LogP contribution >= 0.6 is 0 Å². The molecule has 2 fully saturated rings. The minimum Gasteiger partial charge on any atom is -0.322 e. The van der Waals surface area contributed by atoms with Crippen LogP contribution in [0, 0.1) is 5.92 Å². The first-order valence-corrected chi connectivity index (χ1v) is 10.2. The fraction of sp³-hybridized carbons (Fsp3) is 0.471. The number of carbonyl (C=O) groups excluding carboxylic acids is 3. The van der Waals surface area contributed by atoms with Gasteiger partial charge in [0.05, 0.1) is 4.90 Å². The maximum atomic E-state index is 12.7. The lowest BCUT2D eigenvalue weighted by molar-refractivity contribution is -0.134. The molecular weight excluding hydrogens is 372 g/mol. The maximum absolute atomic E-state index is 12.7. The molecule has 0 aromatic heterocycles. The topological polar surface area (TPSA) is 125 Å². The maximum Gasteiger partial charge on any atom is 0.344 e. The standard InChI is InChI=1S/C17H22N4O5S/c1-11-7-9-17(10-8-11)15(23)21(16(24)19-17)20-14(22)12-3-5-13(6-4-12)27(25,26)18-2/h3-6,11,18H,7-10H2,1-2H3,(H,19,24)(H,20,22). The summed E-state index contributed by atoms with van der Waals surface area (Å²) in [5, 5.41) is 3.44. The first-order valence-electron chi connectivity index (χ1n) is 8.70. The van der Waals surface area contributed by atoms with E-state index in [9.17, 15) is 22.8 Å². The second-order valence-corrected chi connectivity index (χ2v) is 8.89. The van der Waals surface area contributed by atoms with Gasteiger partial charge in [0, 0.05) is 5.56 Å². The fourth-order valence-electron chi connectivity index (χ4n) is 3.39. The van der Waals surface area contributed by atoms with Gasteiger partial charge in [0.2, 0.25) is 10.0 Å². The number of imide groups is 1. The zero-order chi connectivity index (χ0) is 19.8. The lowest BCUT2D eigenvalue weighted by Crippen LogP contribution is -2.51. The molecule has 1 aromatic carbocycles. The second kappa shape index (κ2) is 6.93. The highest BCUT2D eigenvalue weighted by Crippen LogP contribution is 2.35. The van der Waals surface area contributed by atoms with Gasteiger partial charge < -0.3 is 5.32 Å². The van der Waals surface area contributed by atoms with E-state index >= 15 is 0 Å². The third-order valence-electron chi connectivity index (χ3n) is 5.20. The summed E-state index contributed by atoms with van der Waals surface area (Å²) in [6.07, 6.45) is 2.74. The molecule has 1 spiro atoms. The van der Waals surface area contributed by atoms with E-state index in [1.807, 2.05) is 0 Å². The number of hydrazine groups is 1. The molecule has 4 amide bonds. The van der Waals surface area contributed by atoms with Crippen molar-refractivity contribution in [3.63, 3.8) is 0 Å². The summed E-state index contributed by atoms with van der Waals surface area (Å²) in [6, 6.07) is 4.52. The second-order valence-electron chi connectivity index (χ2n) is 7.01. The predicted octanol–water partition coefficient (Wildman–Crippen LogP) is 0.740. The molecular formula is C17H22N4O5S. The summed E-state index contributed by atoms with van der Waals surface area (Å²) < 4.78 is 25.6. The van der Waals surface area contributed by atoms with Gasteiger partial charge in [-0.3, -0.25) is 15.0 Å². The van der Waals surface area contributed by atoms with E-state index in [1.165, 1.54) is 31.3 Å². The van der Waals surface area contributed by atoms with Crippen LogP contribution in [0.2, 0.25) is 0 Å². The zero-order valence-corrected chi connectivity index (χ0v) is 15.9. The van der Waals surface area contributed by atoms with Gasteiger partial charge in [0.1, 0.15) is 5.54 Å². The first kappa shape index (κ1) is 19.3. The highest BCUT2D eigenvalue weighted by atomic mass is 32.2. The van der Waals surface area contributed by atoms with E-state index in [1.54, 1.807) is 0 Å². The SMILES string of the molecule is CNS(=O)(=O)c1ccc(C(=O)NN2C(=O)NC3(CCC(C)CC3)C2=O)cc1. The average Bonchev–Trinajstić information content (AvgIpc) is 2.88. The lowest BCUT2D eigenvalue weighted by Gasteiger charge is -2.33. The van der Waals surface area contributed by atoms with Crippen LogP contribution in [0.3, 0.4) is 0 Å². The molecule has 9 nitrogen and oxygen atoms in total. The van der Waals surface area contributed by atoms with Crippen molar-refractivity contribution < 1.29 is 22.8 Å². The third kappa shape index (κ3) is 3.54. The van der Waals surface area contributed by atoms with Crippen molar-refractivity contribution in [3.05, 3.63) is 29.8 Å². The Morgan fingerprint density at radius 1 is 1.19 bits per heavy atom.